The fourth-order valence-electron chi connectivity index (χ4n) is 4.42. The van der Waals surface area contributed by atoms with E-state index in [-0.39, 0.29) is 27.2 Å². The van der Waals surface area contributed by atoms with Gasteiger partial charge < -0.3 is 9.67 Å². The van der Waals surface area contributed by atoms with E-state index in [0.29, 0.717) is 18.2 Å². The molecule has 0 atom stereocenters. The average molecular weight is 485 g/mol. The van der Waals surface area contributed by atoms with Gasteiger partial charge in [0.25, 0.3) is 0 Å². The number of aromatic nitrogens is 1. The lowest BCUT2D eigenvalue weighted by atomic mass is 9.98. The Labute approximate surface area is 196 Å². The minimum atomic E-state index is -1.58. The van der Waals surface area contributed by atoms with Crippen LogP contribution >= 0.6 is 11.6 Å². The molecule has 0 saturated carbocycles. The van der Waals surface area contributed by atoms with Crippen molar-refractivity contribution in [1.29, 1.82) is 0 Å². The Morgan fingerprint density at radius 2 is 1.74 bits per heavy atom. The lowest BCUT2D eigenvalue weighted by Gasteiger charge is -2.17. The zero-order valence-electron chi connectivity index (χ0n) is 17.7. The summed E-state index contributed by atoms with van der Waals surface area (Å²) in [6, 6.07) is 8.98. The number of nitrogens with zero attached hydrogens (tertiary/aromatic N) is 2. The molecule has 2 heterocycles. The van der Waals surface area contributed by atoms with E-state index in [1.54, 1.807) is 6.07 Å². The van der Waals surface area contributed by atoms with Crippen molar-refractivity contribution < 1.29 is 23.1 Å². The summed E-state index contributed by atoms with van der Waals surface area (Å²) >= 11 is 6.65. The van der Waals surface area contributed by atoms with Crippen LogP contribution in [-0.4, -0.2) is 27.6 Å². The van der Waals surface area contributed by atoms with Crippen LogP contribution < -0.4 is 5.43 Å². The van der Waals surface area contributed by atoms with E-state index >= 15 is 4.39 Å². The molecule has 1 aliphatic rings. The highest BCUT2D eigenvalue weighted by atomic mass is 35.5. The molecule has 5 nitrogen and oxygen atoms in total. The summed E-state index contributed by atoms with van der Waals surface area (Å²) in [4.78, 5) is 26.6. The predicted octanol–water partition coefficient (Wildman–Crippen LogP) is 5.37. The maximum Gasteiger partial charge on any atom is 0.341 e. The van der Waals surface area contributed by atoms with Gasteiger partial charge in [-0.3, -0.25) is 9.69 Å². The first-order chi connectivity index (χ1) is 16.2. The van der Waals surface area contributed by atoms with Gasteiger partial charge in [0.2, 0.25) is 5.43 Å². The quantitative estimate of drug-likeness (QED) is 0.424. The summed E-state index contributed by atoms with van der Waals surface area (Å²) in [5, 5.41) is 8.96. The highest BCUT2D eigenvalue weighted by Gasteiger charge is 2.24. The number of rotatable bonds is 3. The third-order valence-corrected chi connectivity index (χ3v) is 6.32. The second-order valence-corrected chi connectivity index (χ2v) is 8.62. The van der Waals surface area contributed by atoms with Crippen molar-refractivity contribution in [2.75, 3.05) is 7.05 Å². The molecule has 1 aromatic heterocycles. The highest BCUT2D eigenvalue weighted by molar-refractivity contribution is 6.38. The van der Waals surface area contributed by atoms with Crippen LogP contribution in [0.15, 0.2) is 53.5 Å². The molecule has 34 heavy (non-hydrogen) atoms. The van der Waals surface area contributed by atoms with Crippen LogP contribution in [0, 0.1) is 17.5 Å². The van der Waals surface area contributed by atoms with Gasteiger partial charge in [0.15, 0.2) is 0 Å². The first-order valence-electron chi connectivity index (χ1n) is 10.2. The number of benzene rings is 3. The van der Waals surface area contributed by atoms with Crippen molar-refractivity contribution in [3.8, 4) is 16.8 Å². The summed E-state index contributed by atoms with van der Waals surface area (Å²) in [5.41, 5.74) is 0.535. The van der Waals surface area contributed by atoms with Gasteiger partial charge in [0, 0.05) is 30.9 Å². The van der Waals surface area contributed by atoms with Crippen LogP contribution in [0.2, 0.25) is 5.02 Å². The number of fused-ring (bicyclic) bond motifs is 2. The maximum absolute atomic E-state index is 15.4. The SMILES string of the molecule is CN1Cc2ccc(-c3c(F)cc4c(=O)c(C(=O)O)cn(-c5ccc(F)cc5F)c4c3Cl)cc2C1. The molecule has 172 valence electrons. The molecule has 1 aliphatic heterocycles. The molecule has 0 fully saturated rings. The second kappa shape index (κ2) is 8.00. The van der Waals surface area contributed by atoms with Gasteiger partial charge >= 0.3 is 5.97 Å². The smallest absolute Gasteiger partial charge is 0.341 e. The first kappa shape index (κ1) is 22.2. The van der Waals surface area contributed by atoms with Gasteiger partial charge in [-0.25, -0.2) is 18.0 Å². The Hall–Kier alpha value is -3.62. The summed E-state index contributed by atoms with van der Waals surface area (Å²) in [5.74, 6) is -4.25. The number of hydrogen-bond donors (Lipinski definition) is 1. The van der Waals surface area contributed by atoms with Crippen molar-refractivity contribution in [2.24, 2.45) is 0 Å². The molecule has 9 heteroatoms. The Kier molecular flexibility index (Phi) is 5.22. The summed E-state index contributed by atoms with van der Waals surface area (Å²) in [6.45, 7) is 1.42. The van der Waals surface area contributed by atoms with E-state index in [2.05, 4.69) is 4.90 Å². The molecule has 0 bridgehead atoms. The molecule has 0 spiro atoms. The summed E-state index contributed by atoms with van der Waals surface area (Å²) in [7, 11) is 1.96. The van der Waals surface area contributed by atoms with Crippen molar-refractivity contribution >= 4 is 28.5 Å². The van der Waals surface area contributed by atoms with Crippen LogP contribution in [-0.2, 0) is 13.1 Å². The van der Waals surface area contributed by atoms with Gasteiger partial charge in [-0.2, -0.15) is 0 Å². The number of hydrogen-bond acceptors (Lipinski definition) is 3. The van der Waals surface area contributed by atoms with Crippen LogP contribution in [0.4, 0.5) is 13.2 Å². The Morgan fingerprint density at radius 3 is 2.44 bits per heavy atom. The third-order valence-electron chi connectivity index (χ3n) is 5.96. The van der Waals surface area contributed by atoms with E-state index in [0.717, 1.165) is 46.6 Å². The normalized spacial score (nSPS) is 13.4. The molecule has 1 N–H and O–H groups in total. The second-order valence-electron chi connectivity index (χ2n) is 8.24. The molecular weight excluding hydrogens is 469 g/mol. The number of halogens is 4. The van der Waals surface area contributed by atoms with Crippen molar-refractivity contribution in [3.63, 3.8) is 0 Å². The summed E-state index contributed by atoms with van der Waals surface area (Å²) in [6.07, 6.45) is 0.911. The molecule has 4 aromatic rings. The standard InChI is InChI=1S/C25H16ClF3N2O3/c1-30-9-13-3-2-12(6-14(13)10-30)21-19(29)8-16-23(22(21)26)31(11-17(24(16)32)25(33)34)20-5-4-15(27)7-18(20)28/h2-8,11H,9-10H2,1H3,(H,33,34). The monoisotopic (exact) mass is 484 g/mol. The minimum Gasteiger partial charge on any atom is -0.477 e. The van der Waals surface area contributed by atoms with E-state index in [4.69, 9.17) is 11.6 Å². The Bertz CT molecular complexity index is 1580. The molecule has 0 aliphatic carbocycles. The van der Waals surface area contributed by atoms with Crippen molar-refractivity contribution in [1.82, 2.24) is 9.47 Å². The van der Waals surface area contributed by atoms with E-state index in [9.17, 15) is 23.5 Å². The fraction of sp³-hybridized carbons (Fsp3) is 0.120. The molecule has 0 amide bonds. The zero-order chi connectivity index (χ0) is 24.3. The molecule has 3 aromatic carbocycles. The topological polar surface area (TPSA) is 62.5 Å². The number of aromatic carboxylic acids is 1. The fourth-order valence-corrected chi connectivity index (χ4v) is 4.81. The minimum absolute atomic E-state index is 0.00901. The van der Waals surface area contributed by atoms with Crippen LogP contribution in [0.5, 0.6) is 0 Å². The van der Waals surface area contributed by atoms with Crippen molar-refractivity contribution in [3.05, 3.63) is 98.0 Å². The predicted molar refractivity (Wildman–Crippen MR) is 122 cm³/mol. The van der Waals surface area contributed by atoms with E-state index in [1.165, 1.54) is 0 Å². The Morgan fingerprint density at radius 1 is 1.00 bits per heavy atom. The molecule has 0 radical (unpaired) electrons. The number of carboxylic acid groups (broad SMARTS) is 1. The van der Waals surface area contributed by atoms with E-state index < -0.39 is 34.4 Å². The lowest BCUT2D eigenvalue weighted by Crippen LogP contribution is -2.19. The van der Waals surface area contributed by atoms with Crippen LogP contribution in [0.25, 0.3) is 27.7 Å². The van der Waals surface area contributed by atoms with Crippen LogP contribution in [0.3, 0.4) is 0 Å². The van der Waals surface area contributed by atoms with Gasteiger partial charge in [-0.05, 0) is 48.0 Å². The number of carbonyl (C=O) groups is 1. The van der Waals surface area contributed by atoms with Crippen molar-refractivity contribution in [2.45, 2.75) is 13.1 Å². The van der Waals surface area contributed by atoms with Gasteiger partial charge in [0.05, 0.1) is 21.6 Å². The largest absolute Gasteiger partial charge is 0.477 e. The first-order valence-corrected chi connectivity index (χ1v) is 10.6. The van der Waals surface area contributed by atoms with Crippen LogP contribution in [0.1, 0.15) is 21.5 Å². The zero-order valence-corrected chi connectivity index (χ0v) is 18.5. The molecule has 0 unspecified atom stereocenters. The summed E-state index contributed by atoms with van der Waals surface area (Å²) < 4.78 is 44.6. The highest BCUT2D eigenvalue weighted by Crippen LogP contribution is 2.39. The number of pyridine rings is 1. The number of carboxylic acids is 1. The van der Waals surface area contributed by atoms with Gasteiger partial charge in [-0.15, -0.1) is 0 Å². The van der Waals surface area contributed by atoms with Gasteiger partial charge in [-0.1, -0.05) is 23.7 Å². The van der Waals surface area contributed by atoms with E-state index in [1.807, 2.05) is 19.2 Å². The average Bonchev–Trinajstić information content (AvgIpc) is 3.14. The maximum atomic E-state index is 15.4. The Balaban J connectivity index is 1.87. The third kappa shape index (κ3) is 3.46. The molecule has 0 saturated heterocycles. The molecule has 5 rings (SSSR count). The van der Waals surface area contributed by atoms with Gasteiger partial charge in [0.1, 0.15) is 23.0 Å². The lowest BCUT2D eigenvalue weighted by molar-refractivity contribution is 0.0695. The molecular formula is C25H16ClF3N2O3.